The molecule has 0 bridgehead atoms. The zero-order valence-electron chi connectivity index (χ0n) is 12.0. The molecule has 0 spiro atoms. The van der Waals surface area contributed by atoms with Gasteiger partial charge >= 0.3 is 0 Å². The predicted molar refractivity (Wildman–Crippen MR) is 83.5 cm³/mol. The van der Waals surface area contributed by atoms with Crippen molar-refractivity contribution in [1.82, 2.24) is 5.32 Å². The molecule has 4 heteroatoms. The summed E-state index contributed by atoms with van der Waals surface area (Å²) >= 11 is 1.83. The Bertz CT molecular complexity index is 391. The summed E-state index contributed by atoms with van der Waals surface area (Å²) in [4.78, 5) is 12.1. The molecule has 19 heavy (non-hydrogen) atoms. The molecular formula is C15H24N2OS. The predicted octanol–water partition coefficient (Wildman–Crippen LogP) is 2.80. The Balaban J connectivity index is 2.63. The van der Waals surface area contributed by atoms with Crippen LogP contribution in [-0.2, 0) is 6.54 Å². The minimum absolute atomic E-state index is 0.0103. The van der Waals surface area contributed by atoms with Gasteiger partial charge < -0.3 is 11.1 Å². The van der Waals surface area contributed by atoms with Crippen molar-refractivity contribution in [2.45, 2.75) is 38.0 Å². The number of carbonyl (C=O) groups is 1. The van der Waals surface area contributed by atoms with Crippen LogP contribution >= 0.6 is 11.8 Å². The van der Waals surface area contributed by atoms with E-state index in [0.717, 1.165) is 18.4 Å². The number of nitrogens with two attached hydrogens (primary N) is 1. The molecule has 0 heterocycles. The van der Waals surface area contributed by atoms with Gasteiger partial charge in [-0.2, -0.15) is 11.8 Å². The minimum atomic E-state index is -0.0103. The van der Waals surface area contributed by atoms with Crippen LogP contribution in [-0.4, -0.2) is 23.5 Å². The number of carbonyl (C=O) groups excluding carboxylic acids is 1. The van der Waals surface area contributed by atoms with Gasteiger partial charge in [-0.15, -0.1) is 0 Å². The molecule has 0 aliphatic rings. The average molecular weight is 280 g/mol. The van der Waals surface area contributed by atoms with Crippen molar-refractivity contribution >= 4 is 17.7 Å². The van der Waals surface area contributed by atoms with E-state index >= 15 is 0 Å². The van der Waals surface area contributed by atoms with E-state index in [9.17, 15) is 4.79 Å². The number of hydrogen-bond donors (Lipinski definition) is 2. The van der Waals surface area contributed by atoms with Crippen LogP contribution in [0.2, 0.25) is 0 Å². The molecule has 0 fully saturated rings. The third-order valence-electron chi connectivity index (χ3n) is 3.74. The van der Waals surface area contributed by atoms with Crippen molar-refractivity contribution in [3.63, 3.8) is 0 Å². The maximum Gasteiger partial charge on any atom is 0.251 e. The first-order valence-corrected chi connectivity index (χ1v) is 7.95. The van der Waals surface area contributed by atoms with E-state index in [-0.39, 0.29) is 10.7 Å². The summed E-state index contributed by atoms with van der Waals surface area (Å²) < 4.78 is 0.146. The fourth-order valence-electron chi connectivity index (χ4n) is 2.00. The lowest BCUT2D eigenvalue weighted by molar-refractivity contribution is 0.0949. The second-order valence-electron chi connectivity index (χ2n) is 4.68. The van der Waals surface area contributed by atoms with E-state index < -0.39 is 0 Å². The van der Waals surface area contributed by atoms with Crippen LogP contribution in [0.15, 0.2) is 24.3 Å². The van der Waals surface area contributed by atoms with Gasteiger partial charge in [0.25, 0.3) is 5.91 Å². The van der Waals surface area contributed by atoms with Gasteiger partial charge in [-0.25, -0.2) is 0 Å². The molecule has 0 unspecified atom stereocenters. The molecular weight excluding hydrogens is 256 g/mol. The Labute approximate surface area is 120 Å². The van der Waals surface area contributed by atoms with Gasteiger partial charge in [0.05, 0.1) is 0 Å². The van der Waals surface area contributed by atoms with Crippen LogP contribution in [0, 0.1) is 0 Å². The number of thioether (sulfide) groups is 1. The maximum absolute atomic E-state index is 12.1. The van der Waals surface area contributed by atoms with E-state index in [2.05, 4.69) is 25.4 Å². The quantitative estimate of drug-likeness (QED) is 0.807. The zero-order chi connectivity index (χ0) is 14.3. The van der Waals surface area contributed by atoms with Crippen molar-refractivity contribution in [3.8, 4) is 0 Å². The molecule has 0 radical (unpaired) electrons. The third kappa shape index (κ3) is 4.25. The first kappa shape index (κ1) is 16.1. The van der Waals surface area contributed by atoms with Gasteiger partial charge in [-0.3, -0.25) is 4.79 Å². The van der Waals surface area contributed by atoms with Crippen LogP contribution in [0.3, 0.4) is 0 Å². The zero-order valence-corrected chi connectivity index (χ0v) is 12.8. The molecule has 0 aromatic heterocycles. The smallest absolute Gasteiger partial charge is 0.251 e. The number of amides is 1. The summed E-state index contributed by atoms with van der Waals surface area (Å²) in [5.74, 6) is -0.0103. The lowest BCUT2D eigenvalue weighted by Crippen LogP contribution is -2.39. The molecule has 1 aromatic rings. The lowest BCUT2D eigenvalue weighted by Gasteiger charge is -2.29. The summed E-state index contributed by atoms with van der Waals surface area (Å²) in [6.07, 6.45) is 4.21. The molecule has 0 saturated carbocycles. The van der Waals surface area contributed by atoms with Gasteiger partial charge in [0, 0.05) is 23.4 Å². The molecule has 3 N–H and O–H groups in total. The third-order valence-corrected chi connectivity index (χ3v) is 5.33. The summed E-state index contributed by atoms with van der Waals surface area (Å²) in [6.45, 7) is 5.55. The van der Waals surface area contributed by atoms with Crippen molar-refractivity contribution in [3.05, 3.63) is 35.4 Å². The fourth-order valence-corrected chi connectivity index (χ4v) is 2.79. The van der Waals surface area contributed by atoms with E-state index in [1.165, 1.54) is 0 Å². The molecule has 1 amide bonds. The van der Waals surface area contributed by atoms with Crippen molar-refractivity contribution in [2.24, 2.45) is 5.73 Å². The van der Waals surface area contributed by atoms with E-state index in [4.69, 9.17) is 5.73 Å². The van der Waals surface area contributed by atoms with Crippen LogP contribution < -0.4 is 11.1 Å². The van der Waals surface area contributed by atoms with Crippen molar-refractivity contribution in [2.75, 3.05) is 12.8 Å². The molecule has 3 nitrogen and oxygen atoms in total. The highest BCUT2D eigenvalue weighted by Gasteiger charge is 2.25. The SMILES string of the molecule is CCC(CC)(CNC(=O)c1ccc(CN)cc1)SC. The first-order valence-electron chi connectivity index (χ1n) is 6.73. The molecule has 0 aliphatic carbocycles. The Morgan fingerprint density at radius 3 is 2.26 bits per heavy atom. The second-order valence-corrected chi connectivity index (χ2v) is 5.95. The number of nitrogens with one attached hydrogen (secondary N) is 1. The number of benzene rings is 1. The molecule has 106 valence electrons. The summed E-state index contributed by atoms with van der Waals surface area (Å²) in [7, 11) is 0. The number of rotatable bonds is 7. The van der Waals surface area contributed by atoms with Crippen molar-refractivity contribution < 1.29 is 4.79 Å². The maximum atomic E-state index is 12.1. The largest absolute Gasteiger partial charge is 0.351 e. The van der Waals surface area contributed by atoms with Gasteiger partial charge in [-0.1, -0.05) is 26.0 Å². The lowest BCUT2D eigenvalue weighted by atomic mass is 10.0. The van der Waals surface area contributed by atoms with Crippen LogP contribution in [0.1, 0.15) is 42.6 Å². The Hall–Kier alpha value is -1.00. The van der Waals surface area contributed by atoms with Gasteiger partial charge in [0.1, 0.15) is 0 Å². The summed E-state index contributed by atoms with van der Waals surface area (Å²) in [5.41, 5.74) is 7.28. The van der Waals surface area contributed by atoms with Crippen LogP contribution in [0.5, 0.6) is 0 Å². The van der Waals surface area contributed by atoms with Gasteiger partial charge in [0.15, 0.2) is 0 Å². The van der Waals surface area contributed by atoms with Crippen LogP contribution in [0.4, 0.5) is 0 Å². The molecule has 1 rings (SSSR count). The Morgan fingerprint density at radius 2 is 1.84 bits per heavy atom. The average Bonchev–Trinajstić information content (AvgIpc) is 2.49. The normalized spacial score (nSPS) is 11.4. The Kier molecular flexibility index (Phi) is 6.38. The molecule has 0 saturated heterocycles. The summed E-state index contributed by atoms with van der Waals surface area (Å²) in [5, 5.41) is 3.04. The molecule has 0 atom stereocenters. The molecule has 1 aromatic carbocycles. The minimum Gasteiger partial charge on any atom is -0.351 e. The Morgan fingerprint density at radius 1 is 1.26 bits per heavy atom. The monoisotopic (exact) mass is 280 g/mol. The topological polar surface area (TPSA) is 55.1 Å². The highest BCUT2D eigenvalue weighted by molar-refractivity contribution is 8.00. The van der Waals surface area contributed by atoms with Crippen molar-refractivity contribution in [1.29, 1.82) is 0 Å². The van der Waals surface area contributed by atoms with E-state index in [1.54, 1.807) is 0 Å². The van der Waals surface area contributed by atoms with E-state index in [1.807, 2.05) is 36.0 Å². The van der Waals surface area contributed by atoms with Gasteiger partial charge in [0.2, 0.25) is 0 Å². The van der Waals surface area contributed by atoms with E-state index in [0.29, 0.717) is 18.7 Å². The van der Waals surface area contributed by atoms with Gasteiger partial charge in [-0.05, 0) is 36.8 Å². The standard InChI is InChI=1S/C15H24N2OS/c1-4-15(5-2,19-3)11-17-14(18)13-8-6-12(10-16)7-9-13/h6-9H,4-5,10-11,16H2,1-3H3,(H,17,18). The second kappa shape index (κ2) is 7.56. The molecule has 0 aliphatic heterocycles. The fraction of sp³-hybridized carbons (Fsp3) is 0.533. The summed E-state index contributed by atoms with van der Waals surface area (Å²) in [6, 6.07) is 7.46. The highest BCUT2D eigenvalue weighted by Crippen LogP contribution is 2.29. The first-order chi connectivity index (χ1) is 9.10. The van der Waals surface area contributed by atoms with Crippen LogP contribution in [0.25, 0.3) is 0 Å². The highest BCUT2D eigenvalue weighted by atomic mass is 32.2. The number of hydrogen-bond acceptors (Lipinski definition) is 3.